The Morgan fingerprint density at radius 1 is 1.56 bits per heavy atom. The number of nitrogens with two attached hydrogens (primary N) is 1. The van der Waals surface area contributed by atoms with Crippen LogP contribution in [0.3, 0.4) is 0 Å². The Bertz CT molecular complexity index is 344. The molecule has 0 saturated carbocycles. The number of hydrogen-bond acceptors (Lipinski definition) is 3. The molecule has 1 aromatic rings. The van der Waals surface area contributed by atoms with Crippen LogP contribution in [0.1, 0.15) is 37.3 Å². The van der Waals surface area contributed by atoms with Gasteiger partial charge in [-0.15, -0.1) is 0 Å². The first-order valence-corrected chi connectivity index (χ1v) is 5.75. The van der Waals surface area contributed by atoms with E-state index in [1.165, 1.54) is 0 Å². The van der Waals surface area contributed by atoms with Gasteiger partial charge in [0, 0.05) is 25.9 Å². The molecule has 1 atom stereocenters. The van der Waals surface area contributed by atoms with Crippen LogP contribution in [0.5, 0.6) is 0 Å². The second-order valence-corrected chi connectivity index (χ2v) is 4.72. The summed E-state index contributed by atoms with van der Waals surface area (Å²) in [6.07, 6.45) is 4.92. The first-order chi connectivity index (χ1) is 7.54. The number of rotatable bonds is 6. The van der Waals surface area contributed by atoms with Crippen LogP contribution < -0.4 is 5.73 Å². The minimum atomic E-state index is 0.0867. The van der Waals surface area contributed by atoms with Crippen molar-refractivity contribution in [2.24, 2.45) is 24.6 Å². The highest BCUT2D eigenvalue weighted by Gasteiger charge is 2.17. The molecular formula is C12H21N3O. The molecule has 1 unspecified atom stereocenters. The van der Waals surface area contributed by atoms with Crippen LogP contribution in [0.2, 0.25) is 0 Å². The minimum Gasteiger partial charge on any atom is -0.332 e. The van der Waals surface area contributed by atoms with Gasteiger partial charge >= 0.3 is 0 Å². The molecule has 0 aliphatic carbocycles. The van der Waals surface area contributed by atoms with E-state index in [9.17, 15) is 4.79 Å². The average molecular weight is 223 g/mol. The molecule has 2 N–H and O–H groups in total. The first kappa shape index (κ1) is 12.9. The van der Waals surface area contributed by atoms with E-state index >= 15 is 0 Å². The fourth-order valence-electron chi connectivity index (χ4n) is 1.92. The van der Waals surface area contributed by atoms with E-state index < -0.39 is 0 Å². The molecule has 0 fully saturated rings. The number of aryl methyl sites for hydroxylation is 1. The van der Waals surface area contributed by atoms with Crippen LogP contribution >= 0.6 is 0 Å². The Labute approximate surface area is 96.9 Å². The zero-order valence-corrected chi connectivity index (χ0v) is 10.3. The van der Waals surface area contributed by atoms with Crippen molar-refractivity contribution in [1.82, 2.24) is 9.55 Å². The van der Waals surface area contributed by atoms with E-state index in [-0.39, 0.29) is 11.7 Å². The van der Waals surface area contributed by atoms with Crippen LogP contribution in [-0.4, -0.2) is 21.9 Å². The molecule has 0 aliphatic heterocycles. The van der Waals surface area contributed by atoms with Crippen molar-refractivity contribution >= 4 is 5.78 Å². The Balaban J connectivity index is 2.59. The van der Waals surface area contributed by atoms with E-state index in [1.54, 1.807) is 17.0 Å². The maximum Gasteiger partial charge on any atom is 0.198 e. The fraction of sp³-hybridized carbons (Fsp3) is 0.667. The lowest BCUT2D eigenvalue weighted by Gasteiger charge is -2.15. The lowest BCUT2D eigenvalue weighted by atomic mass is 9.92. The Kier molecular flexibility index (Phi) is 4.68. The smallest absolute Gasteiger partial charge is 0.198 e. The van der Waals surface area contributed by atoms with Crippen molar-refractivity contribution in [2.75, 3.05) is 6.54 Å². The Morgan fingerprint density at radius 2 is 2.25 bits per heavy atom. The number of ketones is 1. The van der Waals surface area contributed by atoms with Gasteiger partial charge in [-0.2, -0.15) is 0 Å². The third-order valence-corrected chi connectivity index (χ3v) is 2.68. The van der Waals surface area contributed by atoms with E-state index in [4.69, 9.17) is 5.73 Å². The van der Waals surface area contributed by atoms with E-state index in [0.717, 1.165) is 6.42 Å². The first-order valence-electron chi connectivity index (χ1n) is 5.75. The lowest BCUT2D eigenvalue weighted by molar-refractivity contribution is 0.0944. The number of Topliss-reactive ketones (excluding diaryl/α,β-unsaturated/α-hetero) is 1. The number of aromatic nitrogens is 2. The molecule has 90 valence electrons. The highest BCUT2D eigenvalue weighted by Crippen LogP contribution is 2.16. The summed E-state index contributed by atoms with van der Waals surface area (Å²) in [5.41, 5.74) is 5.68. The molecular weight excluding hydrogens is 202 g/mol. The van der Waals surface area contributed by atoms with Crippen LogP contribution in [0.25, 0.3) is 0 Å². The minimum absolute atomic E-state index is 0.0867. The topological polar surface area (TPSA) is 60.9 Å². The van der Waals surface area contributed by atoms with Crippen molar-refractivity contribution in [2.45, 2.75) is 26.7 Å². The van der Waals surface area contributed by atoms with Gasteiger partial charge in [0.2, 0.25) is 0 Å². The molecule has 0 spiro atoms. The Morgan fingerprint density at radius 3 is 2.69 bits per heavy atom. The van der Waals surface area contributed by atoms with Gasteiger partial charge in [-0.1, -0.05) is 13.8 Å². The van der Waals surface area contributed by atoms with E-state index in [0.29, 0.717) is 24.7 Å². The van der Waals surface area contributed by atoms with Gasteiger partial charge in [-0.3, -0.25) is 4.79 Å². The predicted octanol–water partition coefficient (Wildman–Crippen LogP) is 1.61. The normalized spacial score (nSPS) is 13.1. The van der Waals surface area contributed by atoms with Gasteiger partial charge < -0.3 is 10.3 Å². The van der Waals surface area contributed by atoms with E-state index in [1.807, 2.05) is 7.05 Å². The quantitative estimate of drug-likeness (QED) is 0.745. The van der Waals surface area contributed by atoms with Gasteiger partial charge in [0.05, 0.1) is 0 Å². The van der Waals surface area contributed by atoms with Crippen molar-refractivity contribution in [3.63, 3.8) is 0 Å². The summed E-state index contributed by atoms with van der Waals surface area (Å²) in [5, 5.41) is 0. The molecule has 1 aromatic heterocycles. The predicted molar refractivity (Wildman–Crippen MR) is 64.2 cm³/mol. The molecule has 0 aromatic carbocycles. The third-order valence-electron chi connectivity index (χ3n) is 2.68. The molecule has 0 radical (unpaired) electrons. The number of hydrogen-bond donors (Lipinski definition) is 1. The van der Waals surface area contributed by atoms with Crippen molar-refractivity contribution in [3.8, 4) is 0 Å². The highest BCUT2D eigenvalue weighted by atomic mass is 16.1. The second-order valence-electron chi connectivity index (χ2n) is 4.72. The van der Waals surface area contributed by atoms with Crippen molar-refractivity contribution in [1.29, 1.82) is 0 Å². The Hall–Kier alpha value is -1.16. The lowest BCUT2D eigenvalue weighted by Crippen LogP contribution is -2.21. The van der Waals surface area contributed by atoms with Gasteiger partial charge in [0.15, 0.2) is 11.6 Å². The summed E-state index contributed by atoms with van der Waals surface area (Å²) in [5.74, 6) is 1.46. The molecule has 4 nitrogen and oxygen atoms in total. The van der Waals surface area contributed by atoms with Crippen molar-refractivity contribution in [3.05, 3.63) is 18.2 Å². The summed E-state index contributed by atoms with van der Waals surface area (Å²) in [6, 6.07) is 0. The summed E-state index contributed by atoms with van der Waals surface area (Å²) >= 11 is 0. The zero-order valence-electron chi connectivity index (χ0n) is 10.3. The second kappa shape index (κ2) is 5.80. The molecule has 1 heterocycles. The highest BCUT2D eigenvalue weighted by molar-refractivity contribution is 5.92. The summed E-state index contributed by atoms with van der Waals surface area (Å²) in [6.45, 7) is 4.86. The molecule has 0 saturated heterocycles. The van der Waals surface area contributed by atoms with Crippen LogP contribution in [-0.2, 0) is 7.05 Å². The van der Waals surface area contributed by atoms with Gasteiger partial charge in [-0.05, 0) is 24.8 Å². The molecule has 0 aliphatic rings. The molecule has 1 rings (SSSR count). The monoisotopic (exact) mass is 223 g/mol. The van der Waals surface area contributed by atoms with E-state index in [2.05, 4.69) is 18.8 Å². The standard InChI is InChI=1S/C12H21N3O/c1-9(2)6-10(8-13)7-11(16)12-14-4-5-15(12)3/h4-5,9-10H,6-8,13H2,1-3H3. The summed E-state index contributed by atoms with van der Waals surface area (Å²) < 4.78 is 1.76. The largest absolute Gasteiger partial charge is 0.332 e. The van der Waals surface area contributed by atoms with Crippen LogP contribution in [0, 0.1) is 11.8 Å². The van der Waals surface area contributed by atoms with Gasteiger partial charge in [-0.25, -0.2) is 4.98 Å². The number of nitrogens with zero attached hydrogens (tertiary/aromatic N) is 2. The number of imidazole rings is 1. The zero-order chi connectivity index (χ0) is 12.1. The van der Waals surface area contributed by atoms with Gasteiger partial charge in [0.1, 0.15) is 0 Å². The average Bonchev–Trinajstić information content (AvgIpc) is 2.62. The maximum atomic E-state index is 11.9. The SMILES string of the molecule is CC(C)CC(CN)CC(=O)c1nccn1C. The molecule has 4 heteroatoms. The number of carbonyl (C=O) groups is 1. The van der Waals surface area contributed by atoms with Crippen LogP contribution in [0.4, 0.5) is 0 Å². The van der Waals surface area contributed by atoms with Gasteiger partial charge in [0.25, 0.3) is 0 Å². The van der Waals surface area contributed by atoms with Crippen molar-refractivity contribution < 1.29 is 4.79 Å². The summed E-state index contributed by atoms with van der Waals surface area (Å²) in [7, 11) is 1.83. The van der Waals surface area contributed by atoms with Crippen LogP contribution in [0.15, 0.2) is 12.4 Å². The number of carbonyl (C=O) groups excluding carboxylic acids is 1. The summed E-state index contributed by atoms with van der Waals surface area (Å²) in [4.78, 5) is 16.0. The fourth-order valence-corrected chi connectivity index (χ4v) is 1.92. The molecule has 0 bridgehead atoms. The molecule has 16 heavy (non-hydrogen) atoms. The molecule has 0 amide bonds. The maximum absolute atomic E-state index is 11.9. The third kappa shape index (κ3) is 3.45.